The van der Waals surface area contributed by atoms with Crippen molar-refractivity contribution in [2.45, 2.75) is 38.5 Å². The third-order valence-corrected chi connectivity index (χ3v) is 5.04. The Morgan fingerprint density at radius 1 is 1.25 bits per heavy atom. The van der Waals surface area contributed by atoms with Crippen molar-refractivity contribution in [2.75, 3.05) is 26.2 Å². The molecule has 0 saturated carbocycles. The average molecular weight is 329 g/mol. The van der Waals surface area contributed by atoms with Crippen molar-refractivity contribution >= 4 is 6.03 Å². The molecule has 1 atom stereocenters. The fourth-order valence-electron chi connectivity index (χ4n) is 3.79. The number of aromatic amines is 1. The van der Waals surface area contributed by atoms with Crippen LogP contribution in [0, 0.1) is 6.92 Å². The number of carbonyl (C=O) groups is 1. The first-order chi connectivity index (χ1) is 11.7. The minimum Gasteiger partial charge on any atom is -0.356 e. The lowest BCUT2D eigenvalue weighted by atomic mass is 9.92. The summed E-state index contributed by atoms with van der Waals surface area (Å²) in [7, 11) is 0. The van der Waals surface area contributed by atoms with Crippen molar-refractivity contribution in [3.8, 4) is 11.3 Å². The summed E-state index contributed by atoms with van der Waals surface area (Å²) in [6.07, 6.45) is 6.10. The van der Waals surface area contributed by atoms with E-state index in [1.54, 1.807) is 6.20 Å². The maximum absolute atomic E-state index is 12.7. The second kappa shape index (κ2) is 6.30. The number of nitrogens with one attached hydrogen (secondary N) is 1. The molecule has 0 bridgehead atoms. The number of aryl methyl sites for hydroxylation is 1. The van der Waals surface area contributed by atoms with Crippen LogP contribution >= 0.6 is 0 Å². The Morgan fingerprint density at radius 3 is 2.79 bits per heavy atom. The second-order valence-corrected chi connectivity index (χ2v) is 6.79. The molecule has 24 heavy (non-hydrogen) atoms. The van der Waals surface area contributed by atoms with Crippen LogP contribution in [0.4, 0.5) is 4.79 Å². The minimum absolute atomic E-state index is 0.189. The lowest BCUT2D eigenvalue weighted by molar-refractivity contribution is 0.146. The van der Waals surface area contributed by atoms with Gasteiger partial charge in [0.25, 0.3) is 0 Å². The first-order valence-corrected chi connectivity index (χ1v) is 8.73. The average Bonchev–Trinajstić information content (AvgIpc) is 3.35. The van der Waals surface area contributed by atoms with Crippen LogP contribution in [0.3, 0.4) is 0 Å². The number of hydrogen-bond donors (Lipinski definition) is 1. The quantitative estimate of drug-likeness (QED) is 0.919. The van der Waals surface area contributed by atoms with E-state index in [1.807, 2.05) is 22.8 Å². The summed E-state index contributed by atoms with van der Waals surface area (Å²) in [5, 5.41) is 11.3. The van der Waals surface area contributed by atoms with E-state index < -0.39 is 0 Å². The van der Waals surface area contributed by atoms with Crippen molar-refractivity contribution < 1.29 is 9.32 Å². The Kier molecular flexibility index (Phi) is 4.00. The monoisotopic (exact) mass is 329 g/mol. The molecule has 0 aromatic carbocycles. The first-order valence-electron chi connectivity index (χ1n) is 8.73. The largest absolute Gasteiger partial charge is 0.356 e. The molecular formula is C17H23N5O2. The summed E-state index contributed by atoms with van der Waals surface area (Å²) in [5.41, 5.74) is 2.85. The number of aromatic nitrogens is 3. The molecule has 2 aromatic rings. The first kappa shape index (κ1) is 15.2. The Bertz CT molecular complexity index is 716. The molecular weight excluding hydrogens is 306 g/mol. The third-order valence-electron chi connectivity index (χ3n) is 5.04. The predicted molar refractivity (Wildman–Crippen MR) is 88.6 cm³/mol. The van der Waals surface area contributed by atoms with Crippen molar-refractivity contribution in [1.29, 1.82) is 0 Å². The van der Waals surface area contributed by atoms with Crippen LogP contribution in [0.15, 0.2) is 16.8 Å². The van der Waals surface area contributed by atoms with E-state index >= 15 is 0 Å². The van der Waals surface area contributed by atoms with Crippen LogP contribution in [0.2, 0.25) is 0 Å². The number of nitrogens with zero attached hydrogens (tertiary/aromatic N) is 4. The summed E-state index contributed by atoms with van der Waals surface area (Å²) in [6, 6.07) is 2.11. The van der Waals surface area contributed by atoms with Crippen LogP contribution in [-0.2, 0) is 0 Å². The lowest BCUT2D eigenvalue weighted by Crippen LogP contribution is -2.46. The topological polar surface area (TPSA) is 78.3 Å². The smallest absolute Gasteiger partial charge is 0.320 e. The highest BCUT2D eigenvalue weighted by Crippen LogP contribution is 2.33. The maximum Gasteiger partial charge on any atom is 0.320 e. The van der Waals surface area contributed by atoms with Crippen LogP contribution < -0.4 is 0 Å². The maximum atomic E-state index is 12.7. The van der Waals surface area contributed by atoms with E-state index in [2.05, 4.69) is 15.4 Å². The van der Waals surface area contributed by atoms with Crippen molar-refractivity contribution in [3.05, 3.63) is 23.7 Å². The van der Waals surface area contributed by atoms with Crippen molar-refractivity contribution in [3.63, 3.8) is 0 Å². The highest BCUT2D eigenvalue weighted by atomic mass is 16.5. The number of carbonyl (C=O) groups excluding carboxylic acids is 1. The molecule has 0 radical (unpaired) electrons. The zero-order valence-electron chi connectivity index (χ0n) is 14.0. The van der Waals surface area contributed by atoms with E-state index in [4.69, 9.17) is 4.52 Å². The van der Waals surface area contributed by atoms with E-state index in [0.29, 0.717) is 0 Å². The van der Waals surface area contributed by atoms with Crippen molar-refractivity contribution in [1.82, 2.24) is 25.2 Å². The fourth-order valence-corrected chi connectivity index (χ4v) is 3.79. The number of hydrogen-bond acceptors (Lipinski definition) is 4. The molecule has 7 heteroatoms. The van der Waals surface area contributed by atoms with Gasteiger partial charge in [0.2, 0.25) is 0 Å². The SMILES string of the molecule is Cc1cc(-c2cn[nH]c2[C@@H]2CCCN(C(=O)N3CCCC3)C2)on1. The number of likely N-dealkylation sites (tertiary alicyclic amines) is 2. The molecule has 4 heterocycles. The van der Waals surface area contributed by atoms with E-state index in [-0.39, 0.29) is 11.9 Å². The number of amides is 2. The molecule has 0 spiro atoms. The van der Waals surface area contributed by atoms with Crippen molar-refractivity contribution in [2.24, 2.45) is 0 Å². The van der Waals surface area contributed by atoms with Gasteiger partial charge in [0.05, 0.1) is 23.1 Å². The van der Waals surface area contributed by atoms with Crippen LogP contribution in [0.5, 0.6) is 0 Å². The number of H-pyrrole nitrogens is 1. The molecule has 2 aliphatic rings. The fraction of sp³-hybridized carbons (Fsp3) is 0.588. The normalized spacial score (nSPS) is 21.5. The molecule has 128 valence electrons. The zero-order chi connectivity index (χ0) is 16.5. The van der Waals surface area contributed by atoms with Gasteiger partial charge in [-0.1, -0.05) is 5.16 Å². The number of urea groups is 1. The molecule has 2 aliphatic heterocycles. The number of rotatable bonds is 2. The highest BCUT2D eigenvalue weighted by Gasteiger charge is 2.31. The van der Waals surface area contributed by atoms with Gasteiger partial charge in [0, 0.05) is 38.2 Å². The lowest BCUT2D eigenvalue weighted by Gasteiger charge is -2.35. The Morgan fingerprint density at radius 2 is 2.04 bits per heavy atom. The van der Waals surface area contributed by atoms with E-state index in [0.717, 1.165) is 74.6 Å². The van der Waals surface area contributed by atoms with Gasteiger partial charge < -0.3 is 14.3 Å². The molecule has 2 fully saturated rings. The summed E-state index contributed by atoms with van der Waals surface area (Å²) < 4.78 is 5.40. The standard InChI is InChI=1S/C17H23N5O2/c1-12-9-15(24-20-12)14-10-18-19-16(14)13-5-4-8-22(11-13)17(23)21-6-2-3-7-21/h9-10,13H,2-8,11H2,1H3,(H,18,19)/t13-/m1/s1. The van der Waals surface area contributed by atoms with Gasteiger partial charge in [-0.05, 0) is 32.6 Å². The molecule has 2 aromatic heterocycles. The molecule has 4 rings (SSSR count). The molecule has 0 aliphatic carbocycles. The molecule has 7 nitrogen and oxygen atoms in total. The number of piperidine rings is 1. The summed E-state index contributed by atoms with van der Waals surface area (Å²) in [5.74, 6) is 0.993. The Labute approximate surface area is 141 Å². The third kappa shape index (κ3) is 2.79. The van der Waals surface area contributed by atoms with Gasteiger partial charge in [0.1, 0.15) is 0 Å². The summed E-state index contributed by atoms with van der Waals surface area (Å²) in [6.45, 7) is 5.28. The van der Waals surface area contributed by atoms with Crippen LogP contribution in [0.1, 0.15) is 43.0 Å². The van der Waals surface area contributed by atoms with Gasteiger partial charge in [-0.3, -0.25) is 5.10 Å². The second-order valence-electron chi connectivity index (χ2n) is 6.79. The Hall–Kier alpha value is -2.31. The van der Waals surface area contributed by atoms with E-state index in [9.17, 15) is 4.79 Å². The molecule has 2 saturated heterocycles. The molecule has 2 amide bonds. The molecule has 0 unspecified atom stereocenters. The van der Waals surface area contributed by atoms with Gasteiger partial charge in [-0.2, -0.15) is 5.10 Å². The summed E-state index contributed by atoms with van der Waals surface area (Å²) in [4.78, 5) is 16.6. The predicted octanol–water partition coefficient (Wildman–Crippen LogP) is 2.77. The Balaban J connectivity index is 1.52. The van der Waals surface area contributed by atoms with E-state index in [1.165, 1.54) is 0 Å². The van der Waals surface area contributed by atoms with Gasteiger partial charge in [-0.15, -0.1) is 0 Å². The van der Waals surface area contributed by atoms with Gasteiger partial charge in [-0.25, -0.2) is 4.79 Å². The molecule has 1 N–H and O–H groups in total. The van der Waals surface area contributed by atoms with Gasteiger partial charge >= 0.3 is 6.03 Å². The van der Waals surface area contributed by atoms with Crippen LogP contribution in [0.25, 0.3) is 11.3 Å². The minimum atomic E-state index is 0.189. The van der Waals surface area contributed by atoms with Gasteiger partial charge in [0.15, 0.2) is 5.76 Å². The summed E-state index contributed by atoms with van der Waals surface area (Å²) >= 11 is 0. The van der Waals surface area contributed by atoms with Crippen LogP contribution in [-0.4, -0.2) is 57.4 Å². The highest BCUT2D eigenvalue weighted by molar-refractivity contribution is 5.75. The zero-order valence-corrected chi connectivity index (χ0v) is 14.0.